The zero-order valence-electron chi connectivity index (χ0n) is 10.1. The van der Waals surface area contributed by atoms with E-state index in [2.05, 4.69) is 9.97 Å². The lowest BCUT2D eigenvalue weighted by Crippen LogP contribution is -2.06. The van der Waals surface area contributed by atoms with E-state index >= 15 is 0 Å². The lowest BCUT2D eigenvalue weighted by Gasteiger charge is -2.06. The van der Waals surface area contributed by atoms with Gasteiger partial charge in [-0.3, -0.25) is 9.36 Å². The van der Waals surface area contributed by atoms with Gasteiger partial charge in [-0.1, -0.05) is 18.2 Å². The molecule has 90 valence electrons. The monoisotopic (exact) mass is 239 g/mol. The SMILES string of the molecule is CC(=O)Cc1cc2ccccc2n1-c1ncc[nH]1. The van der Waals surface area contributed by atoms with Gasteiger partial charge in [0.1, 0.15) is 5.78 Å². The predicted octanol–water partition coefficient (Wildman–Crippen LogP) is 2.49. The molecule has 18 heavy (non-hydrogen) atoms. The molecule has 0 saturated carbocycles. The average molecular weight is 239 g/mol. The Morgan fingerprint density at radius 3 is 2.94 bits per heavy atom. The van der Waals surface area contributed by atoms with E-state index in [1.54, 1.807) is 19.3 Å². The van der Waals surface area contributed by atoms with Crippen molar-refractivity contribution in [1.82, 2.24) is 14.5 Å². The first-order valence-corrected chi connectivity index (χ1v) is 5.84. The third kappa shape index (κ3) is 1.72. The lowest BCUT2D eigenvalue weighted by atomic mass is 10.2. The van der Waals surface area contributed by atoms with Crippen molar-refractivity contribution in [2.45, 2.75) is 13.3 Å². The van der Waals surface area contributed by atoms with Gasteiger partial charge in [0.05, 0.1) is 5.52 Å². The smallest absolute Gasteiger partial charge is 0.211 e. The van der Waals surface area contributed by atoms with Gasteiger partial charge in [0, 0.05) is 29.9 Å². The molecule has 0 saturated heterocycles. The van der Waals surface area contributed by atoms with Crippen molar-refractivity contribution in [2.24, 2.45) is 0 Å². The first-order chi connectivity index (χ1) is 8.75. The van der Waals surface area contributed by atoms with Crippen LogP contribution in [-0.4, -0.2) is 20.3 Å². The number of carbonyl (C=O) groups is 1. The van der Waals surface area contributed by atoms with E-state index in [-0.39, 0.29) is 5.78 Å². The molecule has 4 nitrogen and oxygen atoms in total. The Bertz CT molecular complexity index is 695. The Labute approximate surface area is 104 Å². The highest BCUT2D eigenvalue weighted by molar-refractivity contribution is 5.85. The van der Waals surface area contributed by atoms with Crippen LogP contribution in [0.4, 0.5) is 0 Å². The summed E-state index contributed by atoms with van der Waals surface area (Å²) < 4.78 is 2.00. The Kier molecular flexibility index (Phi) is 2.48. The number of fused-ring (bicyclic) bond motifs is 1. The number of H-pyrrole nitrogens is 1. The number of aromatic nitrogens is 3. The van der Waals surface area contributed by atoms with Gasteiger partial charge >= 0.3 is 0 Å². The van der Waals surface area contributed by atoms with Gasteiger partial charge in [0.25, 0.3) is 0 Å². The summed E-state index contributed by atoms with van der Waals surface area (Å²) in [7, 11) is 0. The Balaban J connectivity index is 2.27. The quantitative estimate of drug-likeness (QED) is 0.763. The maximum absolute atomic E-state index is 11.4. The summed E-state index contributed by atoms with van der Waals surface area (Å²) in [6.07, 6.45) is 3.90. The summed E-state index contributed by atoms with van der Waals surface area (Å²) in [5, 5.41) is 1.12. The number of hydrogen-bond acceptors (Lipinski definition) is 2. The van der Waals surface area contributed by atoms with E-state index in [1.807, 2.05) is 34.9 Å². The summed E-state index contributed by atoms with van der Waals surface area (Å²) in [6.45, 7) is 1.60. The minimum atomic E-state index is 0.144. The number of rotatable bonds is 3. The zero-order chi connectivity index (χ0) is 12.5. The maximum atomic E-state index is 11.4. The molecule has 1 N–H and O–H groups in total. The zero-order valence-corrected chi connectivity index (χ0v) is 10.1. The Morgan fingerprint density at radius 2 is 2.22 bits per heavy atom. The molecule has 0 bridgehead atoms. The van der Waals surface area contributed by atoms with Crippen LogP contribution in [0.25, 0.3) is 16.9 Å². The van der Waals surface area contributed by atoms with Crippen LogP contribution in [0.3, 0.4) is 0 Å². The van der Waals surface area contributed by atoms with Crippen molar-refractivity contribution in [2.75, 3.05) is 0 Å². The van der Waals surface area contributed by atoms with Crippen LogP contribution in [0.5, 0.6) is 0 Å². The molecule has 3 rings (SSSR count). The number of carbonyl (C=O) groups excluding carboxylic acids is 1. The number of benzene rings is 1. The molecule has 0 atom stereocenters. The highest BCUT2D eigenvalue weighted by atomic mass is 16.1. The van der Waals surface area contributed by atoms with Gasteiger partial charge in [0.15, 0.2) is 0 Å². The van der Waals surface area contributed by atoms with Gasteiger partial charge in [-0.15, -0.1) is 0 Å². The van der Waals surface area contributed by atoms with Crippen LogP contribution in [0, 0.1) is 0 Å². The minimum Gasteiger partial charge on any atom is -0.330 e. The molecule has 0 spiro atoms. The van der Waals surface area contributed by atoms with Crippen LogP contribution in [0.2, 0.25) is 0 Å². The van der Waals surface area contributed by atoms with Crippen molar-refractivity contribution in [3.8, 4) is 5.95 Å². The Morgan fingerprint density at radius 1 is 1.39 bits per heavy atom. The molecule has 0 aliphatic heterocycles. The molecule has 3 aromatic rings. The summed E-state index contributed by atoms with van der Waals surface area (Å²) in [4.78, 5) is 18.7. The third-order valence-electron chi connectivity index (χ3n) is 2.91. The van der Waals surface area contributed by atoms with E-state index < -0.39 is 0 Å². The number of nitrogens with zero attached hydrogens (tertiary/aromatic N) is 2. The topological polar surface area (TPSA) is 50.7 Å². The molecule has 0 aliphatic rings. The fourth-order valence-corrected chi connectivity index (χ4v) is 2.23. The van der Waals surface area contributed by atoms with Crippen molar-refractivity contribution < 1.29 is 4.79 Å². The summed E-state index contributed by atoms with van der Waals surface area (Å²) in [5.41, 5.74) is 2.02. The van der Waals surface area contributed by atoms with Crippen LogP contribution in [-0.2, 0) is 11.2 Å². The molecule has 2 aromatic heterocycles. The normalized spacial score (nSPS) is 10.9. The number of imidazole rings is 1. The summed E-state index contributed by atoms with van der Waals surface area (Å²) in [5.74, 6) is 0.887. The summed E-state index contributed by atoms with van der Waals surface area (Å²) in [6, 6.07) is 10.1. The minimum absolute atomic E-state index is 0.144. The van der Waals surface area contributed by atoms with Crippen molar-refractivity contribution >= 4 is 16.7 Å². The van der Waals surface area contributed by atoms with Crippen molar-refractivity contribution in [1.29, 1.82) is 0 Å². The van der Waals surface area contributed by atoms with E-state index in [0.29, 0.717) is 6.42 Å². The number of ketones is 1. The lowest BCUT2D eigenvalue weighted by molar-refractivity contribution is -0.116. The molecule has 0 aliphatic carbocycles. The van der Waals surface area contributed by atoms with E-state index in [4.69, 9.17) is 0 Å². The third-order valence-corrected chi connectivity index (χ3v) is 2.91. The molecule has 0 fully saturated rings. The molecule has 1 aromatic carbocycles. The Hall–Kier alpha value is -2.36. The fourth-order valence-electron chi connectivity index (χ4n) is 2.23. The van der Waals surface area contributed by atoms with Crippen molar-refractivity contribution in [3.63, 3.8) is 0 Å². The van der Waals surface area contributed by atoms with Gasteiger partial charge in [-0.05, 0) is 19.1 Å². The molecular weight excluding hydrogens is 226 g/mol. The second kappa shape index (κ2) is 4.14. The maximum Gasteiger partial charge on any atom is 0.211 e. The van der Waals surface area contributed by atoms with Crippen LogP contribution in [0.15, 0.2) is 42.7 Å². The molecule has 2 heterocycles. The van der Waals surface area contributed by atoms with Crippen LogP contribution < -0.4 is 0 Å². The van der Waals surface area contributed by atoms with Crippen molar-refractivity contribution in [3.05, 3.63) is 48.4 Å². The largest absolute Gasteiger partial charge is 0.330 e. The molecule has 4 heteroatoms. The number of para-hydroxylation sites is 1. The average Bonchev–Trinajstić information content (AvgIpc) is 2.93. The first kappa shape index (κ1) is 10.8. The van der Waals surface area contributed by atoms with Gasteiger partial charge in [-0.25, -0.2) is 4.98 Å². The molecule has 0 amide bonds. The standard InChI is InChI=1S/C14H13N3O/c1-10(18)8-12-9-11-4-2-3-5-13(11)17(12)14-15-6-7-16-14/h2-7,9H,8H2,1H3,(H,15,16). The van der Waals surface area contributed by atoms with Crippen LogP contribution in [0.1, 0.15) is 12.6 Å². The highest BCUT2D eigenvalue weighted by Crippen LogP contribution is 2.23. The highest BCUT2D eigenvalue weighted by Gasteiger charge is 2.12. The number of nitrogens with one attached hydrogen (secondary N) is 1. The van der Waals surface area contributed by atoms with Gasteiger partial charge in [-0.2, -0.15) is 0 Å². The van der Waals surface area contributed by atoms with Crippen LogP contribution >= 0.6 is 0 Å². The van der Waals surface area contributed by atoms with E-state index in [0.717, 1.165) is 22.5 Å². The molecular formula is C14H13N3O. The van der Waals surface area contributed by atoms with Gasteiger partial charge in [0.2, 0.25) is 5.95 Å². The number of Topliss-reactive ketones (excluding diaryl/α,β-unsaturated/α-hetero) is 1. The predicted molar refractivity (Wildman–Crippen MR) is 69.8 cm³/mol. The number of hydrogen-bond donors (Lipinski definition) is 1. The second-order valence-corrected chi connectivity index (χ2v) is 4.32. The molecule has 0 unspecified atom stereocenters. The second-order valence-electron chi connectivity index (χ2n) is 4.32. The molecule has 0 radical (unpaired) electrons. The summed E-state index contributed by atoms with van der Waals surface area (Å²) >= 11 is 0. The fraction of sp³-hybridized carbons (Fsp3) is 0.143. The first-order valence-electron chi connectivity index (χ1n) is 5.84. The van der Waals surface area contributed by atoms with E-state index in [9.17, 15) is 4.79 Å². The van der Waals surface area contributed by atoms with Gasteiger partial charge < -0.3 is 4.98 Å². The number of aromatic amines is 1. The van der Waals surface area contributed by atoms with E-state index in [1.165, 1.54) is 0 Å².